The van der Waals surface area contributed by atoms with E-state index in [0.29, 0.717) is 12.0 Å². The zero-order valence-electron chi connectivity index (χ0n) is 12.5. The summed E-state index contributed by atoms with van der Waals surface area (Å²) < 4.78 is 0. The predicted molar refractivity (Wildman–Crippen MR) is 84.3 cm³/mol. The lowest BCUT2D eigenvalue weighted by Crippen LogP contribution is -2.44. The molecule has 0 aliphatic heterocycles. The van der Waals surface area contributed by atoms with Crippen molar-refractivity contribution in [3.63, 3.8) is 0 Å². The summed E-state index contributed by atoms with van der Waals surface area (Å²) in [6.07, 6.45) is 9.56. The molecular formula is C16H26ClN3. The summed E-state index contributed by atoms with van der Waals surface area (Å²) in [6.45, 7) is 4.67. The third-order valence-electron chi connectivity index (χ3n) is 4.84. The number of hydrogen-bond donors (Lipinski definition) is 2. The van der Waals surface area contributed by atoms with Crippen LogP contribution in [0.4, 0.5) is 0 Å². The molecule has 1 saturated carbocycles. The van der Waals surface area contributed by atoms with Crippen LogP contribution < -0.4 is 11.3 Å². The average molecular weight is 296 g/mol. The Labute approximate surface area is 127 Å². The second kappa shape index (κ2) is 7.39. The summed E-state index contributed by atoms with van der Waals surface area (Å²) in [5.74, 6) is 8.12. The van der Waals surface area contributed by atoms with Crippen molar-refractivity contribution in [3.8, 4) is 0 Å². The Morgan fingerprint density at radius 2 is 1.95 bits per heavy atom. The van der Waals surface area contributed by atoms with Crippen LogP contribution in [0.1, 0.15) is 45.1 Å². The molecule has 20 heavy (non-hydrogen) atoms. The van der Waals surface area contributed by atoms with Gasteiger partial charge in [-0.05, 0) is 61.5 Å². The van der Waals surface area contributed by atoms with Crippen LogP contribution >= 0.6 is 11.6 Å². The lowest BCUT2D eigenvalue weighted by molar-refractivity contribution is 0.188. The van der Waals surface area contributed by atoms with E-state index in [1.807, 2.05) is 6.07 Å². The fourth-order valence-electron chi connectivity index (χ4n) is 3.38. The summed E-state index contributed by atoms with van der Waals surface area (Å²) in [5.41, 5.74) is 4.15. The van der Waals surface area contributed by atoms with Gasteiger partial charge in [-0.1, -0.05) is 25.4 Å². The van der Waals surface area contributed by atoms with Gasteiger partial charge in [-0.2, -0.15) is 0 Å². The van der Waals surface area contributed by atoms with Crippen molar-refractivity contribution in [1.82, 2.24) is 10.4 Å². The van der Waals surface area contributed by atoms with Gasteiger partial charge in [-0.15, -0.1) is 0 Å². The van der Waals surface area contributed by atoms with Crippen LogP contribution in [0, 0.1) is 17.8 Å². The minimum absolute atomic E-state index is 0.308. The van der Waals surface area contributed by atoms with E-state index >= 15 is 0 Å². The molecule has 2 rings (SSSR count). The number of rotatable bonds is 5. The zero-order valence-corrected chi connectivity index (χ0v) is 13.2. The maximum Gasteiger partial charge on any atom is 0.0621 e. The Kier molecular flexibility index (Phi) is 5.82. The average Bonchev–Trinajstić information content (AvgIpc) is 2.46. The van der Waals surface area contributed by atoms with E-state index in [4.69, 9.17) is 17.4 Å². The number of nitrogens with zero attached hydrogens (tertiary/aromatic N) is 1. The Hall–Kier alpha value is -0.640. The second-order valence-corrected chi connectivity index (χ2v) is 6.77. The van der Waals surface area contributed by atoms with E-state index in [9.17, 15) is 0 Å². The first-order valence-corrected chi connectivity index (χ1v) is 8.04. The number of pyridine rings is 1. The molecule has 0 aromatic carbocycles. The van der Waals surface area contributed by atoms with Crippen LogP contribution in [0.2, 0.25) is 5.02 Å². The van der Waals surface area contributed by atoms with Gasteiger partial charge in [0.05, 0.1) is 5.02 Å². The minimum Gasteiger partial charge on any atom is -0.271 e. The largest absolute Gasteiger partial charge is 0.271 e. The third kappa shape index (κ3) is 3.94. The number of hydrogen-bond acceptors (Lipinski definition) is 3. The first-order chi connectivity index (χ1) is 9.61. The number of nitrogens with one attached hydrogen (secondary N) is 1. The quantitative estimate of drug-likeness (QED) is 0.645. The van der Waals surface area contributed by atoms with Crippen LogP contribution in [0.25, 0.3) is 0 Å². The van der Waals surface area contributed by atoms with Crippen LogP contribution in [0.15, 0.2) is 18.5 Å². The van der Waals surface area contributed by atoms with Crippen LogP contribution in [0.5, 0.6) is 0 Å². The van der Waals surface area contributed by atoms with E-state index in [1.165, 1.54) is 25.7 Å². The summed E-state index contributed by atoms with van der Waals surface area (Å²) in [5, 5.41) is 0.739. The fourth-order valence-corrected chi connectivity index (χ4v) is 3.58. The summed E-state index contributed by atoms with van der Waals surface area (Å²) in [4.78, 5) is 4.04. The summed E-state index contributed by atoms with van der Waals surface area (Å²) in [7, 11) is 0. The van der Waals surface area contributed by atoms with Crippen molar-refractivity contribution in [2.45, 2.75) is 52.0 Å². The third-order valence-corrected chi connectivity index (χ3v) is 5.18. The van der Waals surface area contributed by atoms with Gasteiger partial charge in [-0.25, -0.2) is 0 Å². The van der Waals surface area contributed by atoms with Crippen LogP contribution in [0.3, 0.4) is 0 Å². The van der Waals surface area contributed by atoms with Gasteiger partial charge < -0.3 is 0 Å². The molecule has 4 heteroatoms. The van der Waals surface area contributed by atoms with Crippen molar-refractivity contribution in [1.29, 1.82) is 0 Å². The second-order valence-electron chi connectivity index (χ2n) is 6.36. The molecule has 0 radical (unpaired) electrons. The minimum atomic E-state index is 0.308. The monoisotopic (exact) mass is 295 g/mol. The van der Waals surface area contributed by atoms with Gasteiger partial charge >= 0.3 is 0 Å². The molecule has 0 spiro atoms. The number of halogens is 1. The molecule has 1 aliphatic carbocycles. The molecule has 0 saturated heterocycles. The lowest BCUT2D eigenvalue weighted by Gasteiger charge is -2.35. The molecule has 112 valence electrons. The number of aromatic nitrogens is 1. The van der Waals surface area contributed by atoms with Gasteiger partial charge in [0.1, 0.15) is 0 Å². The standard InChI is InChI=1S/C16H26ClN3/c1-11(2)12-3-5-13(6-4-12)16(20-18)9-14-7-8-19-10-15(14)17/h7-8,10-13,16,20H,3-6,9,18H2,1-2H3. The van der Waals surface area contributed by atoms with Crippen LogP contribution in [-0.2, 0) is 6.42 Å². The molecule has 3 N–H and O–H groups in total. The Morgan fingerprint density at radius 3 is 2.50 bits per heavy atom. The normalized spacial score (nSPS) is 24.9. The number of hydrazine groups is 1. The highest BCUT2D eigenvalue weighted by atomic mass is 35.5. The summed E-state index contributed by atoms with van der Waals surface area (Å²) in [6, 6.07) is 2.30. The van der Waals surface area contributed by atoms with Gasteiger partial charge in [0.15, 0.2) is 0 Å². The van der Waals surface area contributed by atoms with Gasteiger partial charge in [0.2, 0.25) is 0 Å². The molecule has 1 aromatic heterocycles. The van der Waals surface area contributed by atoms with E-state index in [2.05, 4.69) is 24.3 Å². The molecular weight excluding hydrogens is 270 g/mol. The van der Waals surface area contributed by atoms with Gasteiger partial charge in [-0.3, -0.25) is 16.3 Å². The van der Waals surface area contributed by atoms with Crippen molar-refractivity contribution in [2.75, 3.05) is 0 Å². The van der Waals surface area contributed by atoms with Crippen molar-refractivity contribution in [2.24, 2.45) is 23.6 Å². The van der Waals surface area contributed by atoms with E-state index < -0.39 is 0 Å². The molecule has 1 heterocycles. The van der Waals surface area contributed by atoms with E-state index in [-0.39, 0.29) is 0 Å². The van der Waals surface area contributed by atoms with Crippen LogP contribution in [-0.4, -0.2) is 11.0 Å². The molecule has 3 nitrogen and oxygen atoms in total. The van der Waals surface area contributed by atoms with Crippen molar-refractivity contribution >= 4 is 11.6 Å². The SMILES string of the molecule is CC(C)C1CCC(C(Cc2ccncc2Cl)NN)CC1. The molecule has 1 atom stereocenters. The molecule has 1 unspecified atom stereocenters. The predicted octanol–water partition coefficient (Wildman–Crippen LogP) is 3.57. The lowest BCUT2D eigenvalue weighted by atomic mass is 9.74. The Balaban J connectivity index is 1.95. The molecule has 0 bridgehead atoms. The first kappa shape index (κ1) is 15.7. The molecule has 1 aliphatic rings. The summed E-state index contributed by atoms with van der Waals surface area (Å²) >= 11 is 6.20. The Bertz CT molecular complexity index is 414. The molecule has 1 fully saturated rings. The van der Waals surface area contributed by atoms with Crippen molar-refractivity contribution < 1.29 is 0 Å². The topological polar surface area (TPSA) is 50.9 Å². The highest BCUT2D eigenvalue weighted by Gasteiger charge is 2.28. The van der Waals surface area contributed by atoms with Crippen molar-refractivity contribution in [3.05, 3.63) is 29.0 Å². The molecule has 0 amide bonds. The zero-order chi connectivity index (χ0) is 14.5. The highest BCUT2D eigenvalue weighted by molar-refractivity contribution is 6.31. The Morgan fingerprint density at radius 1 is 1.30 bits per heavy atom. The van der Waals surface area contributed by atoms with E-state index in [1.54, 1.807) is 12.4 Å². The maximum atomic E-state index is 6.20. The van der Waals surface area contributed by atoms with E-state index in [0.717, 1.165) is 28.8 Å². The van der Waals surface area contributed by atoms with Gasteiger partial charge in [0, 0.05) is 18.4 Å². The molecule has 1 aromatic rings. The smallest absolute Gasteiger partial charge is 0.0621 e. The maximum absolute atomic E-state index is 6.20. The fraction of sp³-hybridized carbons (Fsp3) is 0.688. The van der Waals surface area contributed by atoms with Gasteiger partial charge in [0.25, 0.3) is 0 Å². The number of nitrogens with two attached hydrogens (primary N) is 1. The first-order valence-electron chi connectivity index (χ1n) is 7.66. The highest BCUT2D eigenvalue weighted by Crippen LogP contribution is 2.35.